The first-order valence-corrected chi connectivity index (χ1v) is 9.75. The Morgan fingerprint density at radius 3 is 2.28 bits per heavy atom. The predicted octanol–water partition coefficient (Wildman–Crippen LogP) is 3.75. The van der Waals surface area contributed by atoms with Gasteiger partial charge in [-0.1, -0.05) is 34.1 Å². The van der Waals surface area contributed by atoms with E-state index in [1.165, 1.54) is 26.9 Å². The number of aliphatic hydroxyl groups is 1. The molecule has 3 fully saturated rings. The average Bonchev–Trinajstić information content (AvgIpc) is 2.48. The molecule has 0 aromatic carbocycles. The van der Waals surface area contributed by atoms with Crippen molar-refractivity contribution in [3.63, 3.8) is 0 Å². The fraction of sp³-hybridized carbons (Fsp3) is 0.905. The number of methoxy groups -OCH3 is 1. The van der Waals surface area contributed by atoms with E-state index in [1.807, 2.05) is 0 Å². The number of carbonyl (C=O) groups is 2. The number of esters is 1. The fourth-order valence-corrected chi connectivity index (χ4v) is 7.31. The third-order valence-corrected chi connectivity index (χ3v) is 8.45. The summed E-state index contributed by atoms with van der Waals surface area (Å²) in [6.07, 6.45) is 5.78. The van der Waals surface area contributed by atoms with Crippen molar-refractivity contribution >= 4 is 11.8 Å². The van der Waals surface area contributed by atoms with Gasteiger partial charge >= 0.3 is 5.97 Å². The summed E-state index contributed by atoms with van der Waals surface area (Å²) in [5, 5.41) is 10.9. The molecule has 0 aromatic heterocycles. The Morgan fingerprint density at radius 2 is 1.68 bits per heavy atom. The van der Waals surface area contributed by atoms with Gasteiger partial charge in [0.05, 0.1) is 13.0 Å². The van der Waals surface area contributed by atoms with E-state index in [0.29, 0.717) is 12.3 Å². The van der Waals surface area contributed by atoms with Crippen molar-refractivity contribution in [2.45, 2.75) is 78.7 Å². The van der Waals surface area contributed by atoms with Crippen LogP contribution >= 0.6 is 0 Å². The third kappa shape index (κ3) is 2.43. The Morgan fingerprint density at radius 1 is 1.04 bits per heavy atom. The van der Waals surface area contributed by atoms with Crippen LogP contribution in [0.5, 0.6) is 0 Å². The summed E-state index contributed by atoms with van der Waals surface area (Å²) >= 11 is 0. The van der Waals surface area contributed by atoms with Gasteiger partial charge in [0.1, 0.15) is 5.60 Å². The maximum absolute atomic E-state index is 12.9. The Labute approximate surface area is 151 Å². The minimum Gasteiger partial charge on any atom is -0.469 e. The van der Waals surface area contributed by atoms with E-state index in [-0.39, 0.29) is 22.5 Å². The molecule has 3 rings (SSSR count). The summed E-state index contributed by atoms with van der Waals surface area (Å²) in [6, 6.07) is 0. The Hall–Kier alpha value is -0.900. The maximum atomic E-state index is 12.9. The molecule has 0 radical (unpaired) electrons. The Kier molecular flexibility index (Phi) is 4.19. The molecule has 0 bridgehead atoms. The quantitative estimate of drug-likeness (QED) is 0.732. The molecule has 25 heavy (non-hydrogen) atoms. The van der Waals surface area contributed by atoms with Gasteiger partial charge in [-0.25, -0.2) is 0 Å². The number of ketones is 1. The number of fused-ring (bicyclic) bond motifs is 3. The standard InChI is InChI=1S/C21H34O4/c1-18(2)9-7-10-19(3)13(18)8-11-20(4)14(19)12-15(22)21(5,24)16(20)17(23)25-6/h13-14,16,24H,7-12H2,1-6H3/t13-,14+,16-,19-,20+,21-/m0/s1. The second-order valence-corrected chi connectivity index (χ2v) is 10.2. The lowest BCUT2D eigenvalue weighted by Gasteiger charge is -2.66. The molecule has 0 saturated heterocycles. The zero-order chi connectivity index (χ0) is 18.8. The largest absolute Gasteiger partial charge is 0.469 e. The molecular formula is C21H34O4. The summed E-state index contributed by atoms with van der Waals surface area (Å²) in [7, 11) is 1.35. The van der Waals surface area contributed by atoms with Gasteiger partial charge in [-0.15, -0.1) is 0 Å². The minimum absolute atomic E-state index is 0.0349. The fourth-order valence-electron chi connectivity index (χ4n) is 7.31. The van der Waals surface area contributed by atoms with Crippen molar-refractivity contribution in [1.29, 1.82) is 0 Å². The van der Waals surface area contributed by atoms with Gasteiger partial charge in [0.2, 0.25) is 0 Å². The molecule has 1 N–H and O–H groups in total. The van der Waals surface area contributed by atoms with Crippen LogP contribution in [0.15, 0.2) is 0 Å². The lowest BCUT2D eigenvalue weighted by molar-refractivity contribution is -0.215. The van der Waals surface area contributed by atoms with Crippen molar-refractivity contribution in [2.75, 3.05) is 7.11 Å². The highest BCUT2D eigenvalue weighted by atomic mass is 16.5. The van der Waals surface area contributed by atoms with Crippen LogP contribution in [0.25, 0.3) is 0 Å². The molecule has 6 atom stereocenters. The zero-order valence-corrected chi connectivity index (χ0v) is 16.6. The molecule has 142 valence electrons. The topological polar surface area (TPSA) is 63.6 Å². The normalized spacial score (nSPS) is 49.1. The van der Waals surface area contributed by atoms with E-state index < -0.39 is 22.9 Å². The van der Waals surface area contributed by atoms with Crippen LogP contribution in [0, 0.1) is 34.0 Å². The second-order valence-electron chi connectivity index (χ2n) is 10.2. The molecule has 0 aliphatic heterocycles. The zero-order valence-electron chi connectivity index (χ0n) is 16.6. The molecule has 0 aromatic rings. The third-order valence-electron chi connectivity index (χ3n) is 8.45. The lowest BCUT2D eigenvalue weighted by atomic mass is 9.38. The van der Waals surface area contributed by atoms with Crippen LogP contribution in [0.3, 0.4) is 0 Å². The van der Waals surface area contributed by atoms with Crippen molar-refractivity contribution < 1.29 is 19.4 Å². The molecule has 4 heteroatoms. The van der Waals surface area contributed by atoms with Crippen LogP contribution in [-0.2, 0) is 14.3 Å². The van der Waals surface area contributed by atoms with Crippen molar-refractivity contribution in [2.24, 2.45) is 34.0 Å². The predicted molar refractivity (Wildman–Crippen MR) is 95.8 cm³/mol. The minimum atomic E-state index is -1.63. The molecule has 3 saturated carbocycles. The van der Waals surface area contributed by atoms with E-state index in [2.05, 4.69) is 27.7 Å². The molecule has 3 aliphatic rings. The van der Waals surface area contributed by atoms with Crippen molar-refractivity contribution in [1.82, 2.24) is 0 Å². The van der Waals surface area contributed by atoms with Crippen molar-refractivity contribution in [3.05, 3.63) is 0 Å². The van der Waals surface area contributed by atoms with Crippen LogP contribution in [0.2, 0.25) is 0 Å². The first-order valence-electron chi connectivity index (χ1n) is 9.75. The molecule has 4 nitrogen and oxygen atoms in total. The summed E-state index contributed by atoms with van der Waals surface area (Å²) < 4.78 is 5.05. The monoisotopic (exact) mass is 350 g/mol. The van der Waals surface area contributed by atoms with E-state index in [0.717, 1.165) is 19.3 Å². The number of hydrogen-bond acceptors (Lipinski definition) is 4. The van der Waals surface area contributed by atoms with Gasteiger partial charge in [0.25, 0.3) is 0 Å². The highest BCUT2D eigenvalue weighted by Crippen LogP contribution is 2.69. The number of Topliss-reactive ketones (excluding diaryl/α,β-unsaturated/α-hetero) is 1. The van der Waals surface area contributed by atoms with Crippen LogP contribution in [0.4, 0.5) is 0 Å². The first-order chi connectivity index (χ1) is 11.4. The van der Waals surface area contributed by atoms with Gasteiger partial charge in [-0.05, 0) is 60.7 Å². The van der Waals surface area contributed by atoms with Gasteiger partial charge in [-0.2, -0.15) is 0 Å². The van der Waals surface area contributed by atoms with Gasteiger partial charge in [0, 0.05) is 6.42 Å². The SMILES string of the molecule is COC(=O)[C@H]1[C@]2(C)CC[C@H]3C(C)(C)CCC[C@]3(C)[C@H]2CC(=O)[C@]1(C)O. The van der Waals surface area contributed by atoms with E-state index >= 15 is 0 Å². The molecule has 0 unspecified atom stereocenters. The highest BCUT2D eigenvalue weighted by Gasteiger charge is 2.68. The molecular weight excluding hydrogens is 316 g/mol. The molecule has 3 aliphatic carbocycles. The number of ether oxygens (including phenoxy) is 1. The smallest absolute Gasteiger partial charge is 0.312 e. The van der Waals surface area contributed by atoms with Crippen LogP contribution in [0.1, 0.15) is 73.1 Å². The number of hydrogen-bond donors (Lipinski definition) is 1. The van der Waals surface area contributed by atoms with Gasteiger partial charge in [-0.3, -0.25) is 9.59 Å². The molecule has 0 amide bonds. The first kappa shape index (κ1) is 18.9. The Bertz CT molecular complexity index is 593. The summed E-state index contributed by atoms with van der Waals surface area (Å²) in [4.78, 5) is 25.5. The van der Waals surface area contributed by atoms with Gasteiger partial charge < -0.3 is 9.84 Å². The van der Waals surface area contributed by atoms with Crippen molar-refractivity contribution in [3.8, 4) is 0 Å². The van der Waals surface area contributed by atoms with E-state index in [1.54, 1.807) is 0 Å². The van der Waals surface area contributed by atoms with Gasteiger partial charge in [0.15, 0.2) is 5.78 Å². The number of carbonyl (C=O) groups excluding carboxylic acids is 2. The average molecular weight is 350 g/mol. The lowest BCUT2D eigenvalue weighted by Crippen LogP contribution is -2.67. The summed E-state index contributed by atoms with van der Waals surface area (Å²) in [5.41, 5.74) is -1.74. The Balaban J connectivity index is 2.11. The van der Waals surface area contributed by atoms with Crippen LogP contribution < -0.4 is 0 Å². The maximum Gasteiger partial charge on any atom is 0.312 e. The van der Waals surface area contributed by atoms with Crippen LogP contribution in [-0.4, -0.2) is 29.6 Å². The summed E-state index contributed by atoms with van der Waals surface area (Å²) in [6.45, 7) is 10.7. The molecule has 0 spiro atoms. The number of rotatable bonds is 1. The highest BCUT2D eigenvalue weighted by molar-refractivity contribution is 5.94. The van der Waals surface area contributed by atoms with E-state index in [9.17, 15) is 14.7 Å². The molecule has 0 heterocycles. The summed E-state index contributed by atoms with van der Waals surface area (Å²) in [5.74, 6) is -0.742. The second kappa shape index (κ2) is 5.55. The van der Waals surface area contributed by atoms with E-state index in [4.69, 9.17) is 4.74 Å².